The average molecular weight is 263 g/mol. The Kier molecular flexibility index (Phi) is 3.37. The lowest BCUT2D eigenvalue weighted by Crippen LogP contribution is -2.12. The van der Waals surface area contributed by atoms with E-state index in [1.54, 1.807) is 13.8 Å². The Morgan fingerprint density at radius 3 is 2.07 bits per heavy atom. The van der Waals surface area contributed by atoms with Crippen LogP contribution in [0.3, 0.4) is 0 Å². The van der Waals surface area contributed by atoms with Gasteiger partial charge in [0.1, 0.15) is 11.6 Å². The summed E-state index contributed by atoms with van der Waals surface area (Å²) in [6.07, 6.45) is 0. The molecule has 0 aliphatic carbocycles. The predicted molar refractivity (Wildman–Crippen MR) is 53.2 cm³/mol. The van der Waals surface area contributed by atoms with E-state index in [1.165, 1.54) is 0 Å². The van der Waals surface area contributed by atoms with E-state index in [1.807, 2.05) is 0 Å². The second kappa shape index (κ2) is 4.17. The monoisotopic (exact) mass is 262 g/mol. The van der Waals surface area contributed by atoms with Crippen LogP contribution in [-0.4, -0.2) is 5.78 Å². The van der Waals surface area contributed by atoms with Gasteiger partial charge in [-0.3, -0.25) is 4.79 Å². The van der Waals surface area contributed by atoms with Crippen molar-refractivity contribution in [2.45, 2.75) is 13.8 Å². The summed E-state index contributed by atoms with van der Waals surface area (Å²) in [5, 5.41) is 0. The van der Waals surface area contributed by atoms with Crippen molar-refractivity contribution in [3.8, 4) is 0 Å². The van der Waals surface area contributed by atoms with E-state index in [4.69, 9.17) is 0 Å². The number of carbonyl (C=O) groups excluding carboxylic acids is 1. The van der Waals surface area contributed by atoms with Crippen LogP contribution < -0.4 is 0 Å². The molecule has 14 heavy (non-hydrogen) atoms. The first-order chi connectivity index (χ1) is 6.43. The van der Waals surface area contributed by atoms with Crippen LogP contribution in [0.1, 0.15) is 24.2 Å². The molecular formula is C10H9BrF2O. The summed E-state index contributed by atoms with van der Waals surface area (Å²) in [6.45, 7) is 3.20. The number of hydrogen-bond acceptors (Lipinski definition) is 1. The third-order valence-corrected chi connectivity index (χ3v) is 2.24. The van der Waals surface area contributed by atoms with Crippen LogP contribution in [-0.2, 0) is 0 Å². The lowest BCUT2D eigenvalue weighted by molar-refractivity contribution is 0.0931. The molecule has 4 heteroatoms. The molecule has 0 aromatic heterocycles. The van der Waals surface area contributed by atoms with Crippen molar-refractivity contribution >= 4 is 21.7 Å². The third kappa shape index (κ3) is 2.18. The lowest BCUT2D eigenvalue weighted by Gasteiger charge is -2.07. The number of benzene rings is 1. The SMILES string of the molecule is CC(C)C(=O)c1c(F)cc(Br)cc1F. The molecule has 0 fully saturated rings. The van der Waals surface area contributed by atoms with E-state index in [-0.39, 0.29) is 4.47 Å². The van der Waals surface area contributed by atoms with Crippen molar-refractivity contribution in [3.63, 3.8) is 0 Å². The summed E-state index contributed by atoms with van der Waals surface area (Å²) in [4.78, 5) is 11.4. The summed E-state index contributed by atoms with van der Waals surface area (Å²) >= 11 is 2.94. The van der Waals surface area contributed by atoms with Gasteiger partial charge in [-0.05, 0) is 12.1 Å². The van der Waals surface area contributed by atoms with Gasteiger partial charge in [-0.15, -0.1) is 0 Å². The van der Waals surface area contributed by atoms with Crippen molar-refractivity contribution in [1.29, 1.82) is 0 Å². The lowest BCUT2D eigenvalue weighted by atomic mass is 10.0. The third-order valence-electron chi connectivity index (χ3n) is 1.78. The van der Waals surface area contributed by atoms with Crippen molar-refractivity contribution < 1.29 is 13.6 Å². The molecule has 1 aromatic carbocycles. The van der Waals surface area contributed by atoms with Gasteiger partial charge in [0.2, 0.25) is 0 Å². The normalized spacial score (nSPS) is 10.7. The zero-order valence-electron chi connectivity index (χ0n) is 7.77. The van der Waals surface area contributed by atoms with Gasteiger partial charge in [0, 0.05) is 10.4 Å². The van der Waals surface area contributed by atoms with Crippen molar-refractivity contribution in [2.75, 3.05) is 0 Å². The maximum Gasteiger partial charge on any atom is 0.171 e. The number of rotatable bonds is 2. The Morgan fingerprint density at radius 1 is 1.29 bits per heavy atom. The number of hydrogen-bond donors (Lipinski definition) is 0. The molecule has 0 spiro atoms. The Balaban J connectivity index is 3.28. The van der Waals surface area contributed by atoms with Crippen molar-refractivity contribution in [2.24, 2.45) is 5.92 Å². The molecule has 0 unspecified atom stereocenters. The van der Waals surface area contributed by atoms with Gasteiger partial charge >= 0.3 is 0 Å². The summed E-state index contributed by atoms with van der Waals surface area (Å²) < 4.78 is 26.7. The van der Waals surface area contributed by atoms with Crippen LogP contribution in [0.2, 0.25) is 0 Å². The molecular weight excluding hydrogens is 254 g/mol. The summed E-state index contributed by atoms with van der Waals surface area (Å²) in [6, 6.07) is 2.16. The largest absolute Gasteiger partial charge is 0.294 e. The predicted octanol–water partition coefficient (Wildman–Crippen LogP) is 3.57. The molecule has 0 amide bonds. The molecule has 76 valence electrons. The smallest absolute Gasteiger partial charge is 0.171 e. The summed E-state index contributed by atoms with van der Waals surface area (Å²) in [5.41, 5.74) is -0.455. The minimum atomic E-state index is -0.824. The van der Waals surface area contributed by atoms with E-state index < -0.39 is 28.9 Å². The fraction of sp³-hybridized carbons (Fsp3) is 0.300. The van der Waals surface area contributed by atoms with Crippen LogP contribution in [0.5, 0.6) is 0 Å². The van der Waals surface area contributed by atoms with E-state index in [9.17, 15) is 13.6 Å². The summed E-state index contributed by atoms with van der Waals surface area (Å²) in [7, 11) is 0. The van der Waals surface area contributed by atoms with Gasteiger partial charge in [0.25, 0.3) is 0 Å². The molecule has 1 rings (SSSR count). The standard InChI is InChI=1S/C10H9BrF2O/c1-5(2)10(14)9-7(12)3-6(11)4-8(9)13/h3-5H,1-2H3. The van der Waals surface area contributed by atoms with E-state index in [2.05, 4.69) is 15.9 Å². The van der Waals surface area contributed by atoms with Gasteiger partial charge in [-0.25, -0.2) is 8.78 Å². The van der Waals surface area contributed by atoms with Crippen molar-refractivity contribution in [3.05, 3.63) is 33.8 Å². The average Bonchev–Trinajstić information content (AvgIpc) is 2.01. The van der Waals surface area contributed by atoms with Gasteiger partial charge in [-0.1, -0.05) is 29.8 Å². The van der Waals surface area contributed by atoms with Gasteiger partial charge in [0.05, 0.1) is 5.56 Å². The highest BCUT2D eigenvalue weighted by molar-refractivity contribution is 9.10. The first kappa shape index (κ1) is 11.3. The fourth-order valence-electron chi connectivity index (χ4n) is 1.07. The Bertz CT molecular complexity index is 351. The fourth-order valence-corrected chi connectivity index (χ4v) is 1.47. The molecule has 0 bridgehead atoms. The number of halogens is 3. The number of Topliss-reactive ketones (excluding diaryl/α,β-unsaturated/α-hetero) is 1. The molecule has 0 heterocycles. The molecule has 0 saturated heterocycles. The first-order valence-electron chi connectivity index (χ1n) is 4.12. The van der Waals surface area contributed by atoms with Gasteiger partial charge in [0.15, 0.2) is 5.78 Å². The zero-order chi connectivity index (χ0) is 10.9. The van der Waals surface area contributed by atoms with Crippen LogP contribution >= 0.6 is 15.9 Å². The first-order valence-corrected chi connectivity index (χ1v) is 4.91. The summed E-state index contributed by atoms with van der Waals surface area (Å²) in [5.74, 6) is -2.58. The topological polar surface area (TPSA) is 17.1 Å². The Hall–Kier alpha value is -0.770. The van der Waals surface area contributed by atoms with E-state index >= 15 is 0 Å². The maximum absolute atomic E-state index is 13.2. The van der Waals surface area contributed by atoms with Gasteiger partial charge in [-0.2, -0.15) is 0 Å². The minimum Gasteiger partial charge on any atom is -0.294 e. The highest BCUT2D eigenvalue weighted by Gasteiger charge is 2.20. The Labute approximate surface area is 89.3 Å². The number of carbonyl (C=O) groups is 1. The Morgan fingerprint density at radius 2 is 1.71 bits per heavy atom. The maximum atomic E-state index is 13.2. The van der Waals surface area contributed by atoms with Crippen LogP contribution in [0.15, 0.2) is 16.6 Å². The zero-order valence-corrected chi connectivity index (χ0v) is 9.36. The van der Waals surface area contributed by atoms with Crippen LogP contribution in [0.25, 0.3) is 0 Å². The van der Waals surface area contributed by atoms with Crippen LogP contribution in [0, 0.1) is 17.6 Å². The molecule has 0 saturated carbocycles. The molecule has 1 aromatic rings. The second-order valence-corrected chi connectivity index (χ2v) is 4.18. The quantitative estimate of drug-likeness (QED) is 0.745. The minimum absolute atomic E-state index is 0.285. The van der Waals surface area contributed by atoms with E-state index in [0.717, 1.165) is 12.1 Å². The highest BCUT2D eigenvalue weighted by Crippen LogP contribution is 2.21. The van der Waals surface area contributed by atoms with E-state index in [0.29, 0.717) is 0 Å². The highest BCUT2D eigenvalue weighted by atomic mass is 79.9. The molecule has 0 atom stereocenters. The van der Waals surface area contributed by atoms with Crippen LogP contribution in [0.4, 0.5) is 8.78 Å². The molecule has 0 aliphatic rings. The molecule has 1 nitrogen and oxygen atoms in total. The number of ketones is 1. The van der Waals surface area contributed by atoms with Crippen molar-refractivity contribution in [1.82, 2.24) is 0 Å². The molecule has 0 aliphatic heterocycles. The molecule has 0 N–H and O–H groups in total. The molecule has 0 radical (unpaired) electrons. The second-order valence-electron chi connectivity index (χ2n) is 3.26. The van der Waals surface area contributed by atoms with Gasteiger partial charge < -0.3 is 0 Å².